The Morgan fingerprint density at radius 3 is 2.39 bits per heavy atom. The summed E-state index contributed by atoms with van der Waals surface area (Å²) in [6.07, 6.45) is -1.20. The number of carbonyl (C=O) groups excluding carboxylic acids is 1. The van der Waals surface area contributed by atoms with Gasteiger partial charge in [-0.3, -0.25) is 4.79 Å². The number of pyridine rings is 1. The molecule has 0 aliphatic heterocycles. The number of aromatic nitrogens is 1. The van der Waals surface area contributed by atoms with E-state index in [4.69, 9.17) is 4.74 Å². The summed E-state index contributed by atoms with van der Waals surface area (Å²) in [5.41, 5.74) is -0.472. The Kier molecular flexibility index (Phi) is 4.78. The summed E-state index contributed by atoms with van der Waals surface area (Å²) in [7, 11) is 0. The number of alkyl halides is 3. The third-order valence-electron chi connectivity index (χ3n) is 2.74. The van der Waals surface area contributed by atoms with Crippen molar-refractivity contribution in [2.24, 2.45) is 0 Å². The Bertz CT molecular complexity index is 737. The number of nitrogens with zero attached hydrogens (tertiary/aromatic N) is 1. The lowest BCUT2D eigenvalue weighted by Gasteiger charge is -2.09. The molecule has 0 aliphatic rings. The van der Waals surface area contributed by atoms with Crippen molar-refractivity contribution in [3.8, 4) is 11.6 Å². The lowest BCUT2D eigenvalue weighted by atomic mass is 10.2. The first kappa shape index (κ1) is 16.7. The molecule has 1 aromatic heterocycles. The molecule has 0 radical (unpaired) electrons. The Morgan fingerprint density at radius 1 is 1.22 bits per heavy atom. The van der Waals surface area contributed by atoms with Gasteiger partial charge >= 0.3 is 6.18 Å². The monoisotopic (exact) mass is 325 g/mol. The number of ketones is 1. The number of hydrogen-bond donors (Lipinski definition) is 0. The van der Waals surface area contributed by atoms with E-state index in [2.05, 4.69) is 4.98 Å². The minimum absolute atomic E-state index is 0.110. The summed E-state index contributed by atoms with van der Waals surface area (Å²) in [5, 5.41) is 0. The van der Waals surface area contributed by atoms with Gasteiger partial charge in [0.15, 0.2) is 11.6 Å². The summed E-state index contributed by atoms with van der Waals surface area (Å²) >= 11 is 0. The molecule has 0 atom stereocenters. The lowest BCUT2D eigenvalue weighted by Crippen LogP contribution is -2.06. The summed E-state index contributed by atoms with van der Waals surface area (Å²) in [4.78, 5) is 14.2. The normalized spacial score (nSPS) is 11.7. The van der Waals surface area contributed by atoms with Crippen molar-refractivity contribution >= 4 is 11.9 Å². The average Bonchev–Trinajstić information content (AvgIpc) is 2.47. The summed E-state index contributed by atoms with van der Waals surface area (Å²) in [5.74, 6) is -1.66. The van der Waals surface area contributed by atoms with Crippen LogP contribution in [0.15, 0.2) is 42.6 Å². The van der Waals surface area contributed by atoms with Crippen LogP contribution < -0.4 is 4.74 Å². The molecule has 0 spiro atoms. The maximum Gasteiger partial charge on any atom is 0.417 e. The molecule has 0 amide bonds. The van der Waals surface area contributed by atoms with Crippen molar-refractivity contribution in [3.05, 3.63) is 59.5 Å². The van der Waals surface area contributed by atoms with Gasteiger partial charge in [-0.15, -0.1) is 0 Å². The quantitative estimate of drug-likeness (QED) is 0.607. The van der Waals surface area contributed by atoms with Gasteiger partial charge in [0, 0.05) is 6.20 Å². The van der Waals surface area contributed by atoms with E-state index >= 15 is 0 Å². The first-order valence-electron chi connectivity index (χ1n) is 6.45. The van der Waals surface area contributed by atoms with Crippen LogP contribution in [0.4, 0.5) is 17.6 Å². The SMILES string of the molecule is CC(=O)/C=C/c1ccc(Oc2ncc(C(F)(F)F)cc2F)cc1. The lowest BCUT2D eigenvalue weighted by molar-refractivity contribution is -0.138. The van der Waals surface area contributed by atoms with E-state index in [9.17, 15) is 22.4 Å². The predicted molar refractivity (Wildman–Crippen MR) is 75.4 cm³/mol. The number of allylic oxidation sites excluding steroid dienone is 1. The number of hydrogen-bond acceptors (Lipinski definition) is 3. The van der Waals surface area contributed by atoms with Crippen molar-refractivity contribution < 1.29 is 27.1 Å². The van der Waals surface area contributed by atoms with E-state index in [-0.39, 0.29) is 11.5 Å². The second kappa shape index (κ2) is 6.60. The van der Waals surface area contributed by atoms with E-state index < -0.39 is 23.4 Å². The Hall–Kier alpha value is -2.70. The van der Waals surface area contributed by atoms with E-state index in [0.29, 0.717) is 17.8 Å². The number of carbonyl (C=O) groups is 1. The van der Waals surface area contributed by atoms with Gasteiger partial charge < -0.3 is 4.74 Å². The molecule has 0 saturated heterocycles. The molecular weight excluding hydrogens is 314 g/mol. The first-order valence-corrected chi connectivity index (χ1v) is 6.45. The van der Waals surface area contributed by atoms with Crippen molar-refractivity contribution in [3.63, 3.8) is 0 Å². The highest BCUT2D eigenvalue weighted by Crippen LogP contribution is 2.31. The smallest absolute Gasteiger partial charge is 0.417 e. The Morgan fingerprint density at radius 2 is 1.87 bits per heavy atom. The third-order valence-corrected chi connectivity index (χ3v) is 2.74. The number of ether oxygens (including phenoxy) is 1. The van der Waals surface area contributed by atoms with Crippen LogP contribution >= 0.6 is 0 Å². The second-order valence-corrected chi connectivity index (χ2v) is 4.62. The van der Waals surface area contributed by atoms with Gasteiger partial charge in [-0.05, 0) is 36.8 Å². The minimum atomic E-state index is -4.67. The second-order valence-electron chi connectivity index (χ2n) is 4.62. The van der Waals surface area contributed by atoms with Gasteiger partial charge in [0.25, 0.3) is 5.88 Å². The van der Waals surface area contributed by atoms with Gasteiger partial charge in [-0.25, -0.2) is 9.37 Å². The fourth-order valence-electron chi connectivity index (χ4n) is 1.63. The van der Waals surface area contributed by atoms with Gasteiger partial charge in [0.2, 0.25) is 0 Å². The zero-order chi connectivity index (χ0) is 17.0. The molecular formula is C16H11F4NO2. The summed E-state index contributed by atoms with van der Waals surface area (Å²) in [6.45, 7) is 1.41. The molecule has 0 unspecified atom stereocenters. The molecule has 3 nitrogen and oxygen atoms in total. The van der Waals surface area contributed by atoms with Gasteiger partial charge in [-0.1, -0.05) is 18.2 Å². The van der Waals surface area contributed by atoms with Crippen LogP contribution in [-0.4, -0.2) is 10.8 Å². The Labute approximate surface area is 129 Å². The minimum Gasteiger partial charge on any atom is -0.436 e. The molecule has 1 aromatic carbocycles. The van der Waals surface area contributed by atoms with Gasteiger partial charge in [-0.2, -0.15) is 13.2 Å². The predicted octanol–water partition coefficient (Wildman–Crippen LogP) is 4.63. The van der Waals surface area contributed by atoms with Crippen LogP contribution in [0.1, 0.15) is 18.1 Å². The van der Waals surface area contributed by atoms with Crippen molar-refractivity contribution in [2.45, 2.75) is 13.1 Å². The van der Waals surface area contributed by atoms with Crippen LogP contribution in [0.5, 0.6) is 11.6 Å². The molecule has 0 saturated carbocycles. The van der Waals surface area contributed by atoms with E-state index in [1.807, 2.05) is 0 Å². The molecule has 120 valence electrons. The fourth-order valence-corrected chi connectivity index (χ4v) is 1.63. The molecule has 2 rings (SSSR count). The van der Waals surface area contributed by atoms with Crippen molar-refractivity contribution in [2.75, 3.05) is 0 Å². The standard InChI is InChI=1S/C16H11F4NO2/c1-10(22)2-3-11-4-6-13(7-5-11)23-15-14(17)8-12(9-21-15)16(18,19)20/h2-9H,1H3/b3-2+. The highest BCUT2D eigenvalue weighted by atomic mass is 19.4. The highest BCUT2D eigenvalue weighted by Gasteiger charge is 2.32. The van der Waals surface area contributed by atoms with Crippen LogP contribution in [0.25, 0.3) is 6.08 Å². The maximum absolute atomic E-state index is 13.6. The average molecular weight is 325 g/mol. The number of rotatable bonds is 4. The zero-order valence-corrected chi connectivity index (χ0v) is 11.9. The molecule has 7 heteroatoms. The summed E-state index contributed by atoms with van der Waals surface area (Å²) in [6, 6.07) is 6.51. The van der Waals surface area contributed by atoms with Crippen LogP contribution in [-0.2, 0) is 11.0 Å². The summed E-state index contributed by atoms with van der Waals surface area (Å²) < 4.78 is 56.0. The topological polar surface area (TPSA) is 39.2 Å². The van der Waals surface area contributed by atoms with Crippen LogP contribution in [0, 0.1) is 5.82 Å². The maximum atomic E-state index is 13.6. The van der Waals surface area contributed by atoms with Gasteiger partial charge in [0.05, 0.1) is 5.56 Å². The zero-order valence-electron chi connectivity index (χ0n) is 11.9. The molecule has 0 aliphatic carbocycles. The van der Waals surface area contributed by atoms with Crippen molar-refractivity contribution in [1.82, 2.24) is 4.98 Å². The van der Waals surface area contributed by atoms with Gasteiger partial charge in [0.1, 0.15) is 5.75 Å². The molecule has 0 fully saturated rings. The van der Waals surface area contributed by atoms with E-state index in [1.54, 1.807) is 18.2 Å². The number of benzene rings is 1. The molecule has 0 N–H and O–H groups in total. The Balaban J connectivity index is 2.15. The first-order chi connectivity index (χ1) is 10.8. The van der Waals surface area contributed by atoms with Crippen molar-refractivity contribution in [1.29, 1.82) is 0 Å². The molecule has 23 heavy (non-hydrogen) atoms. The van der Waals surface area contributed by atoms with E-state index in [1.165, 1.54) is 25.1 Å². The molecule has 2 aromatic rings. The molecule has 0 bridgehead atoms. The largest absolute Gasteiger partial charge is 0.436 e. The number of halogens is 4. The van der Waals surface area contributed by atoms with E-state index in [0.717, 1.165) is 0 Å². The van der Waals surface area contributed by atoms with Crippen LogP contribution in [0.3, 0.4) is 0 Å². The highest BCUT2D eigenvalue weighted by molar-refractivity contribution is 5.91. The third kappa shape index (κ3) is 4.64. The fraction of sp³-hybridized carbons (Fsp3) is 0.125. The molecule has 1 heterocycles. The van der Waals surface area contributed by atoms with Crippen LogP contribution in [0.2, 0.25) is 0 Å².